The average Bonchev–Trinajstić information content (AvgIpc) is 3.17. The fraction of sp³-hybridized carbons (Fsp3) is 0.278. The highest BCUT2D eigenvalue weighted by Crippen LogP contribution is 2.16. The number of hydrogen-bond donors (Lipinski definition) is 2. The van der Waals surface area contributed by atoms with Crippen molar-refractivity contribution in [2.75, 3.05) is 11.9 Å². The second-order valence-corrected chi connectivity index (χ2v) is 7.61. The SMILES string of the molecule is CC(=O)CCC(=O)OCC(=O)Nc1cccc(S(=O)(=O)NCc2ccco2)c1. The first kappa shape index (κ1) is 21.3. The molecule has 0 saturated heterocycles. The van der Waals surface area contributed by atoms with E-state index in [-0.39, 0.29) is 35.8 Å². The largest absolute Gasteiger partial charge is 0.468 e. The Balaban J connectivity index is 1.90. The van der Waals surface area contributed by atoms with Crippen molar-refractivity contribution in [1.29, 1.82) is 0 Å². The number of Topliss-reactive ketones (excluding diaryl/α,β-unsaturated/α-hetero) is 1. The Kier molecular flexibility index (Phi) is 7.47. The molecule has 0 radical (unpaired) electrons. The Labute approximate surface area is 162 Å². The van der Waals surface area contributed by atoms with Crippen molar-refractivity contribution in [3.63, 3.8) is 0 Å². The van der Waals surface area contributed by atoms with E-state index in [2.05, 4.69) is 10.0 Å². The zero-order chi connectivity index (χ0) is 20.6. The first-order valence-electron chi connectivity index (χ1n) is 8.33. The van der Waals surface area contributed by atoms with Gasteiger partial charge in [0, 0.05) is 12.1 Å². The number of esters is 1. The van der Waals surface area contributed by atoms with Crippen molar-refractivity contribution in [1.82, 2.24) is 4.72 Å². The zero-order valence-corrected chi connectivity index (χ0v) is 16.0. The quantitative estimate of drug-likeness (QED) is 0.571. The van der Waals surface area contributed by atoms with E-state index >= 15 is 0 Å². The molecule has 150 valence electrons. The predicted molar refractivity (Wildman–Crippen MR) is 98.7 cm³/mol. The molecular weight excluding hydrogens is 388 g/mol. The fourth-order valence-electron chi connectivity index (χ4n) is 2.10. The molecule has 9 nitrogen and oxygen atoms in total. The third-order valence-electron chi connectivity index (χ3n) is 3.49. The van der Waals surface area contributed by atoms with Gasteiger partial charge in [0.15, 0.2) is 6.61 Å². The van der Waals surface area contributed by atoms with E-state index in [0.29, 0.717) is 5.76 Å². The fourth-order valence-corrected chi connectivity index (χ4v) is 3.14. The molecule has 0 saturated carbocycles. The number of ether oxygens (including phenoxy) is 1. The van der Waals surface area contributed by atoms with Gasteiger partial charge in [-0.2, -0.15) is 0 Å². The highest BCUT2D eigenvalue weighted by Gasteiger charge is 2.16. The van der Waals surface area contributed by atoms with Gasteiger partial charge in [-0.15, -0.1) is 0 Å². The molecule has 1 amide bonds. The van der Waals surface area contributed by atoms with Gasteiger partial charge in [-0.05, 0) is 37.3 Å². The van der Waals surface area contributed by atoms with Crippen LogP contribution in [0.1, 0.15) is 25.5 Å². The van der Waals surface area contributed by atoms with Gasteiger partial charge in [0.1, 0.15) is 11.5 Å². The Morgan fingerprint density at radius 3 is 2.57 bits per heavy atom. The van der Waals surface area contributed by atoms with Crippen LogP contribution in [0.15, 0.2) is 52.0 Å². The van der Waals surface area contributed by atoms with Crippen molar-refractivity contribution < 1.29 is 32.0 Å². The second kappa shape index (κ2) is 9.81. The minimum atomic E-state index is -3.81. The third-order valence-corrected chi connectivity index (χ3v) is 4.89. The van der Waals surface area contributed by atoms with Gasteiger partial charge >= 0.3 is 5.97 Å². The summed E-state index contributed by atoms with van der Waals surface area (Å²) in [6.45, 7) is 0.803. The summed E-state index contributed by atoms with van der Waals surface area (Å²) in [5.41, 5.74) is 0.227. The van der Waals surface area contributed by atoms with E-state index in [1.165, 1.54) is 37.5 Å². The summed E-state index contributed by atoms with van der Waals surface area (Å²) in [6, 6.07) is 8.91. The molecule has 28 heavy (non-hydrogen) atoms. The van der Waals surface area contributed by atoms with Crippen LogP contribution in [0.25, 0.3) is 0 Å². The number of amides is 1. The maximum absolute atomic E-state index is 12.3. The third kappa shape index (κ3) is 6.97. The first-order chi connectivity index (χ1) is 13.3. The van der Waals surface area contributed by atoms with E-state index < -0.39 is 28.5 Å². The Morgan fingerprint density at radius 1 is 1.11 bits per heavy atom. The number of rotatable bonds is 10. The first-order valence-corrected chi connectivity index (χ1v) is 9.81. The molecule has 0 atom stereocenters. The molecule has 0 aliphatic carbocycles. The molecule has 0 fully saturated rings. The number of benzene rings is 1. The summed E-state index contributed by atoms with van der Waals surface area (Å²) in [5, 5.41) is 2.45. The number of anilines is 1. The summed E-state index contributed by atoms with van der Waals surface area (Å²) in [6.07, 6.45) is 1.38. The van der Waals surface area contributed by atoms with Gasteiger partial charge in [0.25, 0.3) is 5.91 Å². The van der Waals surface area contributed by atoms with Crippen LogP contribution in [0, 0.1) is 0 Å². The van der Waals surface area contributed by atoms with Crippen molar-refractivity contribution in [3.05, 3.63) is 48.4 Å². The van der Waals surface area contributed by atoms with Crippen molar-refractivity contribution in [2.24, 2.45) is 0 Å². The van der Waals surface area contributed by atoms with E-state index in [9.17, 15) is 22.8 Å². The summed E-state index contributed by atoms with van der Waals surface area (Å²) < 4.78 is 36.9. The van der Waals surface area contributed by atoms with Crippen LogP contribution in [0.2, 0.25) is 0 Å². The van der Waals surface area contributed by atoms with Crippen molar-refractivity contribution in [2.45, 2.75) is 31.2 Å². The lowest BCUT2D eigenvalue weighted by molar-refractivity contribution is -0.148. The molecule has 1 heterocycles. The minimum Gasteiger partial charge on any atom is -0.468 e. The maximum atomic E-state index is 12.3. The highest BCUT2D eigenvalue weighted by atomic mass is 32.2. The average molecular weight is 408 g/mol. The monoisotopic (exact) mass is 408 g/mol. The molecule has 2 N–H and O–H groups in total. The van der Waals surface area contributed by atoms with Crippen LogP contribution >= 0.6 is 0 Å². The topological polar surface area (TPSA) is 132 Å². The Hall–Kier alpha value is -2.98. The van der Waals surface area contributed by atoms with Crippen molar-refractivity contribution >= 4 is 33.4 Å². The number of nitrogens with one attached hydrogen (secondary N) is 2. The summed E-state index contributed by atoms with van der Waals surface area (Å²) >= 11 is 0. The molecular formula is C18H20N2O7S. The van der Waals surface area contributed by atoms with Crippen LogP contribution in [0.4, 0.5) is 5.69 Å². The van der Waals surface area contributed by atoms with Crippen LogP contribution in [-0.2, 0) is 35.7 Å². The molecule has 0 bridgehead atoms. The lowest BCUT2D eigenvalue weighted by Crippen LogP contribution is -2.24. The van der Waals surface area contributed by atoms with Gasteiger partial charge in [-0.1, -0.05) is 6.07 Å². The summed E-state index contributed by atoms with van der Waals surface area (Å²) in [7, 11) is -3.81. The number of sulfonamides is 1. The highest BCUT2D eigenvalue weighted by molar-refractivity contribution is 7.89. The number of ketones is 1. The number of furan rings is 1. The van der Waals surface area contributed by atoms with E-state index in [1.54, 1.807) is 12.1 Å². The Bertz CT molecular complexity index is 937. The lowest BCUT2D eigenvalue weighted by atomic mass is 10.2. The predicted octanol–water partition coefficient (Wildman–Crippen LogP) is 1.61. The van der Waals surface area contributed by atoms with Gasteiger partial charge in [-0.3, -0.25) is 9.59 Å². The van der Waals surface area contributed by atoms with Crippen LogP contribution in [0.5, 0.6) is 0 Å². The van der Waals surface area contributed by atoms with Crippen LogP contribution in [0.3, 0.4) is 0 Å². The smallest absolute Gasteiger partial charge is 0.306 e. The normalized spacial score (nSPS) is 11.0. The number of carbonyl (C=O) groups excluding carboxylic acids is 3. The van der Waals surface area contributed by atoms with Gasteiger partial charge in [-0.25, -0.2) is 13.1 Å². The Morgan fingerprint density at radius 2 is 1.89 bits per heavy atom. The molecule has 0 aliphatic rings. The molecule has 2 aromatic rings. The minimum absolute atomic E-state index is 0.0118. The molecule has 10 heteroatoms. The van der Waals surface area contributed by atoms with Gasteiger partial charge in [0.2, 0.25) is 10.0 Å². The zero-order valence-electron chi connectivity index (χ0n) is 15.1. The summed E-state index contributed by atoms with van der Waals surface area (Å²) in [4.78, 5) is 34.0. The van der Waals surface area contributed by atoms with E-state index in [4.69, 9.17) is 9.15 Å². The molecule has 1 aromatic carbocycles. The van der Waals surface area contributed by atoms with Crippen LogP contribution < -0.4 is 10.0 Å². The maximum Gasteiger partial charge on any atom is 0.306 e. The number of hydrogen-bond acceptors (Lipinski definition) is 7. The van der Waals surface area contributed by atoms with Gasteiger partial charge in [0.05, 0.1) is 24.1 Å². The van der Waals surface area contributed by atoms with Crippen LogP contribution in [-0.4, -0.2) is 32.7 Å². The molecule has 0 spiro atoms. The standard InChI is InChI=1S/C18H20N2O7S/c1-13(21)7-8-18(23)27-12-17(22)20-14-4-2-6-16(10-14)28(24,25)19-11-15-5-3-9-26-15/h2-6,9-10,19H,7-8,11-12H2,1H3,(H,20,22). The molecule has 0 aliphatic heterocycles. The lowest BCUT2D eigenvalue weighted by Gasteiger charge is -2.09. The second-order valence-electron chi connectivity index (χ2n) is 5.84. The van der Waals surface area contributed by atoms with E-state index in [1.807, 2.05) is 0 Å². The van der Waals surface area contributed by atoms with Gasteiger partial charge < -0.3 is 19.3 Å². The molecule has 1 aromatic heterocycles. The van der Waals surface area contributed by atoms with E-state index in [0.717, 1.165) is 0 Å². The molecule has 2 rings (SSSR count). The van der Waals surface area contributed by atoms with Crippen molar-refractivity contribution in [3.8, 4) is 0 Å². The number of carbonyl (C=O) groups is 3. The summed E-state index contributed by atoms with van der Waals surface area (Å²) in [5.74, 6) is -0.988. The molecule has 0 unspecified atom stereocenters.